The maximum absolute atomic E-state index is 12.7. The number of aromatic nitrogens is 2. The van der Waals surface area contributed by atoms with Gasteiger partial charge in [0.05, 0.1) is 23.6 Å². The van der Waals surface area contributed by atoms with Crippen LogP contribution in [0.3, 0.4) is 0 Å². The van der Waals surface area contributed by atoms with Crippen LogP contribution in [0.5, 0.6) is 0 Å². The Balaban J connectivity index is 1.39. The molecule has 2 aliphatic rings. The lowest BCUT2D eigenvalue weighted by molar-refractivity contribution is -0.115. The second-order valence-corrected chi connectivity index (χ2v) is 10.0. The van der Waals surface area contributed by atoms with Gasteiger partial charge >= 0.3 is 0 Å². The van der Waals surface area contributed by atoms with E-state index >= 15 is 0 Å². The summed E-state index contributed by atoms with van der Waals surface area (Å²) in [6, 6.07) is 8.74. The van der Waals surface area contributed by atoms with Crippen LogP contribution in [-0.4, -0.2) is 41.5 Å². The fraction of sp³-hybridized carbons (Fsp3) is 0.524. The Kier molecular flexibility index (Phi) is 5.74. The van der Waals surface area contributed by atoms with E-state index in [2.05, 4.69) is 17.3 Å². The third kappa shape index (κ3) is 4.53. The highest BCUT2D eigenvalue weighted by atomic mass is 32.2. The summed E-state index contributed by atoms with van der Waals surface area (Å²) in [4.78, 5) is 12.8. The molecule has 1 atom stereocenters. The standard InChI is InChI=1S/C21H28N4O3S/c1-16(18-7-8-18)25-20(11-12-22-25)23-21(26)15-17-5-9-19(10-6-17)29(27,28)24-13-3-2-4-14-24/h5-6,9-12,16,18H,2-4,7-8,13-15H2,1H3,(H,23,26). The van der Waals surface area contributed by atoms with Crippen molar-refractivity contribution in [1.29, 1.82) is 0 Å². The fourth-order valence-electron chi connectivity index (χ4n) is 3.92. The highest BCUT2D eigenvalue weighted by molar-refractivity contribution is 7.89. The number of rotatable bonds is 7. The molecule has 0 bridgehead atoms. The molecule has 4 rings (SSSR count). The van der Waals surface area contributed by atoms with E-state index in [0.29, 0.717) is 29.7 Å². The van der Waals surface area contributed by atoms with E-state index in [1.54, 1.807) is 34.8 Å². The largest absolute Gasteiger partial charge is 0.311 e. The molecule has 0 radical (unpaired) electrons. The van der Waals surface area contributed by atoms with Gasteiger partial charge < -0.3 is 5.32 Å². The predicted octanol–water partition coefficient (Wildman–Crippen LogP) is 3.21. The zero-order valence-electron chi connectivity index (χ0n) is 16.8. The summed E-state index contributed by atoms with van der Waals surface area (Å²) >= 11 is 0. The number of carbonyl (C=O) groups is 1. The Morgan fingerprint density at radius 1 is 1.14 bits per heavy atom. The van der Waals surface area contributed by atoms with Crippen molar-refractivity contribution >= 4 is 21.7 Å². The summed E-state index contributed by atoms with van der Waals surface area (Å²) in [7, 11) is -3.44. The number of piperidine rings is 1. The molecule has 1 aliphatic heterocycles. The number of nitrogens with one attached hydrogen (secondary N) is 1. The summed E-state index contributed by atoms with van der Waals surface area (Å²) in [5.41, 5.74) is 0.779. The smallest absolute Gasteiger partial charge is 0.243 e. The molecule has 1 aliphatic carbocycles. The van der Waals surface area contributed by atoms with Crippen LogP contribution in [0.2, 0.25) is 0 Å². The lowest BCUT2D eigenvalue weighted by Gasteiger charge is -2.25. The SMILES string of the molecule is CC(C1CC1)n1nccc1NC(=O)Cc1ccc(S(=O)(=O)N2CCCCC2)cc1. The normalized spacial score (nSPS) is 19.1. The van der Waals surface area contributed by atoms with Crippen LogP contribution in [0.25, 0.3) is 0 Å². The number of carbonyl (C=O) groups excluding carboxylic acids is 1. The predicted molar refractivity (Wildman–Crippen MR) is 111 cm³/mol. The van der Waals surface area contributed by atoms with Gasteiger partial charge in [0.1, 0.15) is 5.82 Å². The molecule has 29 heavy (non-hydrogen) atoms. The summed E-state index contributed by atoms with van der Waals surface area (Å²) in [6.45, 7) is 3.29. The first kappa shape index (κ1) is 20.1. The first-order valence-corrected chi connectivity index (χ1v) is 11.8. The highest BCUT2D eigenvalue weighted by Crippen LogP contribution is 2.40. The van der Waals surface area contributed by atoms with Gasteiger partial charge in [0.15, 0.2) is 0 Å². The second-order valence-electron chi connectivity index (χ2n) is 8.07. The van der Waals surface area contributed by atoms with Crippen LogP contribution < -0.4 is 5.32 Å². The Morgan fingerprint density at radius 2 is 1.83 bits per heavy atom. The van der Waals surface area contributed by atoms with E-state index < -0.39 is 10.0 Å². The number of hydrogen-bond acceptors (Lipinski definition) is 4. The summed E-state index contributed by atoms with van der Waals surface area (Å²) < 4.78 is 28.9. The van der Waals surface area contributed by atoms with Gasteiger partial charge in [-0.25, -0.2) is 13.1 Å². The number of hydrogen-bond donors (Lipinski definition) is 1. The lowest BCUT2D eigenvalue weighted by atomic mass is 10.1. The van der Waals surface area contributed by atoms with Crippen molar-refractivity contribution < 1.29 is 13.2 Å². The van der Waals surface area contributed by atoms with Gasteiger partial charge in [-0.3, -0.25) is 4.79 Å². The molecule has 1 N–H and O–H groups in total. The van der Waals surface area contributed by atoms with E-state index in [0.717, 1.165) is 24.8 Å². The van der Waals surface area contributed by atoms with Crippen LogP contribution in [0.15, 0.2) is 41.4 Å². The minimum absolute atomic E-state index is 0.138. The number of amides is 1. The number of anilines is 1. The van der Waals surface area contributed by atoms with Crippen molar-refractivity contribution in [2.24, 2.45) is 5.92 Å². The Morgan fingerprint density at radius 3 is 2.48 bits per heavy atom. The molecular weight excluding hydrogens is 388 g/mol. The van der Waals surface area contributed by atoms with Gasteiger partial charge in [-0.2, -0.15) is 9.40 Å². The molecule has 7 nitrogen and oxygen atoms in total. The quantitative estimate of drug-likeness (QED) is 0.751. The molecule has 1 amide bonds. The number of nitrogens with zero attached hydrogens (tertiary/aromatic N) is 3. The lowest BCUT2D eigenvalue weighted by Crippen LogP contribution is -2.35. The molecule has 1 saturated carbocycles. The minimum Gasteiger partial charge on any atom is -0.311 e. The minimum atomic E-state index is -3.44. The Bertz CT molecular complexity index is 958. The van der Waals surface area contributed by atoms with Gasteiger partial charge in [-0.15, -0.1) is 0 Å². The van der Waals surface area contributed by atoms with E-state index in [1.807, 2.05) is 10.7 Å². The molecule has 0 spiro atoms. The van der Waals surface area contributed by atoms with E-state index in [9.17, 15) is 13.2 Å². The molecule has 1 saturated heterocycles. The summed E-state index contributed by atoms with van der Waals surface area (Å²) in [5, 5.41) is 7.29. The monoisotopic (exact) mass is 416 g/mol. The molecule has 2 aromatic rings. The van der Waals surface area contributed by atoms with Crippen molar-refractivity contribution in [2.45, 2.75) is 56.4 Å². The average molecular weight is 417 g/mol. The van der Waals surface area contributed by atoms with Crippen LogP contribution in [0, 0.1) is 5.92 Å². The number of benzene rings is 1. The third-order valence-corrected chi connectivity index (χ3v) is 7.78. The van der Waals surface area contributed by atoms with Gasteiger partial charge in [0.2, 0.25) is 15.9 Å². The fourth-order valence-corrected chi connectivity index (χ4v) is 5.44. The molecule has 1 unspecified atom stereocenters. The highest BCUT2D eigenvalue weighted by Gasteiger charge is 2.31. The zero-order chi connectivity index (χ0) is 20.4. The first-order valence-electron chi connectivity index (χ1n) is 10.4. The molecule has 156 valence electrons. The van der Waals surface area contributed by atoms with E-state index in [4.69, 9.17) is 0 Å². The second kappa shape index (κ2) is 8.28. The van der Waals surface area contributed by atoms with E-state index in [-0.39, 0.29) is 18.4 Å². The third-order valence-electron chi connectivity index (χ3n) is 5.87. The van der Waals surface area contributed by atoms with Gasteiger partial charge in [-0.1, -0.05) is 18.6 Å². The van der Waals surface area contributed by atoms with Crippen LogP contribution in [0.4, 0.5) is 5.82 Å². The van der Waals surface area contributed by atoms with Crippen molar-refractivity contribution in [2.75, 3.05) is 18.4 Å². The number of sulfonamides is 1. The molecular formula is C21H28N4O3S. The molecule has 1 aromatic heterocycles. The maximum atomic E-state index is 12.7. The topological polar surface area (TPSA) is 84.3 Å². The van der Waals surface area contributed by atoms with Crippen molar-refractivity contribution in [3.63, 3.8) is 0 Å². The molecule has 2 fully saturated rings. The van der Waals surface area contributed by atoms with Gasteiger partial charge in [-0.05, 0) is 56.2 Å². The van der Waals surface area contributed by atoms with Crippen molar-refractivity contribution in [1.82, 2.24) is 14.1 Å². The van der Waals surface area contributed by atoms with Gasteiger partial charge in [0.25, 0.3) is 0 Å². The van der Waals surface area contributed by atoms with Gasteiger partial charge in [0, 0.05) is 19.2 Å². The van der Waals surface area contributed by atoms with Crippen molar-refractivity contribution in [3.05, 3.63) is 42.1 Å². The Hall–Kier alpha value is -2.19. The molecule has 1 aromatic carbocycles. The van der Waals surface area contributed by atoms with Crippen LogP contribution in [0.1, 0.15) is 50.6 Å². The van der Waals surface area contributed by atoms with E-state index in [1.165, 1.54) is 12.8 Å². The molecule has 8 heteroatoms. The van der Waals surface area contributed by atoms with Crippen LogP contribution >= 0.6 is 0 Å². The van der Waals surface area contributed by atoms with Crippen LogP contribution in [-0.2, 0) is 21.2 Å². The maximum Gasteiger partial charge on any atom is 0.243 e. The first-order chi connectivity index (χ1) is 13.9. The summed E-state index contributed by atoms with van der Waals surface area (Å²) in [6.07, 6.45) is 7.21. The zero-order valence-corrected chi connectivity index (χ0v) is 17.6. The Labute approximate surface area is 172 Å². The summed E-state index contributed by atoms with van der Waals surface area (Å²) in [5.74, 6) is 1.21. The molecule has 2 heterocycles. The average Bonchev–Trinajstić information content (AvgIpc) is 3.48. The van der Waals surface area contributed by atoms with Crippen molar-refractivity contribution in [3.8, 4) is 0 Å².